The zero-order chi connectivity index (χ0) is 11.4. The molecule has 16 heavy (non-hydrogen) atoms. The first-order valence-electron chi connectivity index (χ1n) is 5.29. The molecule has 1 N–H and O–H groups in total. The van der Waals surface area contributed by atoms with Crippen LogP contribution in [-0.4, -0.2) is 9.78 Å². The second-order valence-electron chi connectivity index (χ2n) is 3.50. The summed E-state index contributed by atoms with van der Waals surface area (Å²) in [6, 6.07) is 10.4. The van der Waals surface area contributed by atoms with Gasteiger partial charge in [0.25, 0.3) is 0 Å². The monoisotopic (exact) mass is 327 g/mol. The molecule has 0 radical (unpaired) electrons. The number of nitrogens with zero attached hydrogens (tertiary/aromatic N) is 2. The summed E-state index contributed by atoms with van der Waals surface area (Å²) in [4.78, 5) is 0. The van der Waals surface area contributed by atoms with Crippen molar-refractivity contribution in [3.63, 3.8) is 0 Å². The number of hydrogen-bond acceptors (Lipinski definition) is 2. The first-order valence-corrected chi connectivity index (χ1v) is 6.37. The lowest BCUT2D eigenvalue weighted by Gasteiger charge is -2.08. The Labute approximate surface area is 109 Å². The Hall–Kier alpha value is -1.04. The maximum absolute atomic E-state index is 4.24. The van der Waals surface area contributed by atoms with Crippen molar-refractivity contribution in [2.75, 3.05) is 5.32 Å². The van der Waals surface area contributed by atoms with Gasteiger partial charge in [-0.2, -0.15) is 5.10 Å². The number of halogens is 1. The largest absolute Gasteiger partial charge is 0.379 e. The van der Waals surface area contributed by atoms with Crippen molar-refractivity contribution in [1.82, 2.24) is 9.78 Å². The average molecular weight is 327 g/mol. The molecule has 0 bridgehead atoms. The molecular formula is C12H14IN3. The van der Waals surface area contributed by atoms with E-state index < -0.39 is 0 Å². The minimum absolute atomic E-state index is 0.814. The molecule has 0 aliphatic heterocycles. The fourth-order valence-corrected chi connectivity index (χ4v) is 1.91. The molecule has 3 nitrogen and oxygen atoms in total. The number of nitrogens with one attached hydrogen (secondary N) is 1. The molecule has 0 spiro atoms. The number of rotatable bonds is 4. The molecule has 4 heteroatoms. The van der Waals surface area contributed by atoms with Gasteiger partial charge in [-0.15, -0.1) is 0 Å². The van der Waals surface area contributed by atoms with Crippen LogP contribution in [0.15, 0.2) is 36.5 Å². The Bertz CT molecular complexity index is 448. The van der Waals surface area contributed by atoms with Crippen molar-refractivity contribution in [1.29, 1.82) is 0 Å². The molecule has 84 valence electrons. The van der Waals surface area contributed by atoms with Crippen molar-refractivity contribution in [2.24, 2.45) is 0 Å². The van der Waals surface area contributed by atoms with Crippen LogP contribution in [0.25, 0.3) is 0 Å². The highest BCUT2D eigenvalue weighted by Crippen LogP contribution is 2.12. The topological polar surface area (TPSA) is 29.9 Å². The van der Waals surface area contributed by atoms with Crippen LogP contribution in [0.3, 0.4) is 0 Å². The fraction of sp³-hybridized carbons (Fsp3) is 0.250. The number of aromatic nitrogens is 2. The summed E-state index contributed by atoms with van der Waals surface area (Å²) < 4.78 is 3.25. The van der Waals surface area contributed by atoms with Crippen LogP contribution < -0.4 is 5.32 Å². The summed E-state index contributed by atoms with van der Waals surface area (Å²) in [5.41, 5.74) is 2.35. The molecule has 2 aromatic rings. The predicted molar refractivity (Wildman–Crippen MR) is 74.4 cm³/mol. The highest BCUT2D eigenvalue weighted by atomic mass is 127. The molecule has 0 atom stereocenters. The number of anilines is 1. The number of hydrogen-bond donors (Lipinski definition) is 1. The Morgan fingerprint density at radius 2 is 2.00 bits per heavy atom. The van der Waals surface area contributed by atoms with Gasteiger partial charge in [0.15, 0.2) is 0 Å². The van der Waals surface area contributed by atoms with Gasteiger partial charge in [0.1, 0.15) is 0 Å². The Morgan fingerprint density at radius 1 is 1.25 bits per heavy atom. The van der Waals surface area contributed by atoms with Gasteiger partial charge in [-0.3, -0.25) is 4.68 Å². The van der Waals surface area contributed by atoms with Crippen LogP contribution in [0.1, 0.15) is 12.6 Å². The first kappa shape index (κ1) is 11.4. The zero-order valence-corrected chi connectivity index (χ0v) is 11.3. The van der Waals surface area contributed by atoms with E-state index >= 15 is 0 Å². The third-order valence-electron chi connectivity index (χ3n) is 2.42. The highest BCUT2D eigenvalue weighted by molar-refractivity contribution is 14.1. The van der Waals surface area contributed by atoms with Gasteiger partial charge in [-0.1, -0.05) is 0 Å². The summed E-state index contributed by atoms with van der Waals surface area (Å²) in [5, 5.41) is 7.62. The average Bonchev–Trinajstić information content (AvgIpc) is 2.76. The van der Waals surface area contributed by atoms with E-state index in [0.29, 0.717) is 0 Å². The molecule has 0 amide bonds. The molecule has 1 aromatic carbocycles. The van der Waals surface area contributed by atoms with Gasteiger partial charge >= 0.3 is 0 Å². The molecular weight excluding hydrogens is 313 g/mol. The lowest BCUT2D eigenvalue weighted by molar-refractivity contribution is 0.627. The molecule has 0 unspecified atom stereocenters. The van der Waals surface area contributed by atoms with Crippen LogP contribution in [0.2, 0.25) is 0 Å². The van der Waals surface area contributed by atoms with Gasteiger partial charge in [-0.05, 0) is 59.8 Å². The minimum atomic E-state index is 0.814. The summed E-state index contributed by atoms with van der Waals surface area (Å²) >= 11 is 2.30. The Balaban J connectivity index is 1.99. The lowest BCUT2D eigenvalue weighted by Crippen LogP contribution is -2.07. The maximum Gasteiger partial charge on any atom is 0.0575 e. The third kappa shape index (κ3) is 2.75. The van der Waals surface area contributed by atoms with Gasteiger partial charge in [0, 0.05) is 22.0 Å². The lowest BCUT2D eigenvalue weighted by atomic mass is 10.3. The van der Waals surface area contributed by atoms with E-state index in [9.17, 15) is 0 Å². The predicted octanol–water partition coefficient (Wildman–Crippen LogP) is 3.12. The summed E-state index contributed by atoms with van der Waals surface area (Å²) in [7, 11) is 0. The first-order chi connectivity index (χ1) is 7.79. The van der Waals surface area contributed by atoms with E-state index in [0.717, 1.165) is 18.8 Å². The summed E-state index contributed by atoms with van der Waals surface area (Å²) in [5.74, 6) is 0. The normalized spacial score (nSPS) is 10.4. The van der Waals surface area contributed by atoms with Crippen molar-refractivity contribution in [3.8, 4) is 0 Å². The fourth-order valence-electron chi connectivity index (χ4n) is 1.56. The van der Waals surface area contributed by atoms with Crippen LogP contribution in [-0.2, 0) is 13.1 Å². The smallest absolute Gasteiger partial charge is 0.0575 e. The van der Waals surface area contributed by atoms with Gasteiger partial charge in [0.2, 0.25) is 0 Å². The quantitative estimate of drug-likeness (QED) is 0.875. The summed E-state index contributed by atoms with van der Waals surface area (Å²) in [6.07, 6.45) is 1.84. The Morgan fingerprint density at radius 3 is 2.69 bits per heavy atom. The molecule has 0 saturated carbocycles. The summed E-state index contributed by atoms with van der Waals surface area (Å²) in [6.45, 7) is 3.83. The second kappa shape index (κ2) is 5.34. The molecule has 0 aliphatic rings. The Kier molecular flexibility index (Phi) is 3.82. The van der Waals surface area contributed by atoms with Crippen molar-refractivity contribution >= 4 is 28.3 Å². The van der Waals surface area contributed by atoms with E-state index in [1.165, 1.54) is 9.26 Å². The van der Waals surface area contributed by atoms with Crippen LogP contribution >= 0.6 is 22.6 Å². The number of benzene rings is 1. The third-order valence-corrected chi connectivity index (χ3v) is 3.14. The van der Waals surface area contributed by atoms with Gasteiger partial charge in [0.05, 0.1) is 12.2 Å². The van der Waals surface area contributed by atoms with Crippen molar-refractivity contribution in [3.05, 3.63) is 45.8 Å². The zero-order valence-electron chi connectivity index (χ0n) is 9.15. The highest BCUT2D eigenvalue weighted by Gasteiger charge is 1.99. The molecule has 1 aromatic heterocycles. The van der Waals surface area contributed by atoms with E-state index in [4.69, 9.17) is 0 Å². The van der Waals surface area contributed by atoms with E-state index in [1.807, 2.05) is 16.9 Å². The van der Waals surface area contributed by atoms with Gasteiger partial charge in [-0.25, -0.2) is 0 Å². The van der Waals surface area contributed by atoms with Crippen molar-refractivity contribution in [2.45, 2.75) is 20.0 Å². The molecule has 2 rings (SSSR count). The van der Waals surface area contributed by atoms with Crippen LogP contribution in [0.5, 0.6) is 0 Å². The number of aryl methyl sites for hydroxylation is 1. The minimum Gasteiger partial charge on any atom is -0.379 e. The van der Waals surface area contributed by atoms with E-state index in [-0.39, 0.29) is 0 Å². The maximum atomic E-state index is 4.24. The SMILES string of the molecule is CCn1nccc1CNc1ccc(I)cc1. The van der Waals surface area contributed by atoms with Gasteiger partial charge < -0.3 is 5.32 Å². The standard InChI is InChI=1S/C12H14IN3/c1-2-16-12(7-8-15-16)9-14-11-5-3-10(13)4-6-11/h3-8,14H,2,9H2,1H3. The van der Waals surface area contributed by atoms with E-state index in [1.54, 1.807) is 0 Å². The molecule has 0 saturated heterocycles. The van der Waals surface area contributed by atoms with Crippen molar-refractivity contribution < 1.29 is 0 Å². The molecule has 0 fully saturated rings. The second-order valence-corrected chi connectivity index (χ2v) is 4.74. The van der Waals surface area contributed by atoms with E-state index in [2.05, 4.69) is 64.2 Å². The molecule has 0 aliphatic carbocycles. The van der Waals surface area contributed by atoms with Crippen LogP contribution in [0.4, 0.5) is 5.69 Å². The molecule has 1 heterocycles. The van der Waals surface area contributed by atoms with Crippen LogP contribution in [0, 0.1) is 3.57 Å².